The molecule has 1 saturated carbocycles. The van der Waals surface area contributed by atoms with Gasteiger partial charge in [0, 0.05) is 30.5 Å². The molecule has 0 atom stereocenters. The number of piperidine rings is 1. The Labute approximate surface area is 116 Å². The predicted molar refractivity (Wildman–Crippen MR) is 73.7 cm³/mol. The van der Waals surface area contributed by atoms with Gasteiger partial charge in [-0.1, -0.05) is 12.8 Å². The van der Waals surface area contributed by atoms with Gasteiger partial charge in [0.2, 0.25) is 5.13 Å². The van der Waals surface area contributed by atoms with Gasteiger partial charge < -0.3 is 10.0 Å². The highest BCUT2D eigenvalue weighted by Crippen LogP contribution is 2.34. The second kappa shape index (κ2) is 5.45. The summed E-state index contributed by atoms with van der Waals surface area (Å²) >= 11 is 1.47. The SMILES string of the molecule is O=C(O)C1CCN(c2nc(C3CCCC3)ns2)CC1. The van der Waals surface area contributed by atoms with E-state index in [9.17, 15) is 4.79 Å². The van der Waals surface area contributed by atoms with E-state index in [2.05, 4.69) is 14.3 Å². The van der Waals surface area contributed by atoms with Crippen LogP contribution in [0.4, 0.5) is 5.13 Å². The third-order valence-corrected chi connectivity index (χ3v) is 5.06. The summed E-state index contributed by atoms with van der Waals surface area (Å²) in [5.41, 5.74) is 0. The van der Waals surface area contributed by atoms with Crippen molar-refractivity contribution >= 4 is 22.6 Å². The molecule has 2 aliphatic rings. The number of aromatic nitrogens is 2. The van der Waals surface area contributed by atoms with E-state index in [1.165, 1.54) is 37.2 Å². The lowest BCUT2D eigenvalue weighted by Gasteiger charge is -2.29. The topological polar surface area (TPSA) is 66.3 Å². The van der Waals surface area contributed by atoms with E-state index in [1.807, 2.05) is 0 Å². The molecule has 0 spiro atoms. The van der Waals surface area contributed by atoms with Crippen LogP contribution in [-0.4, -0.2) is 33.5 Å². The Balaban J connectivity index is 1.62. The predicted octanol–water partition coefficient (Wildman–Crippen LogP) is 2.50. The lowest BCUT2D eigenvalue weighted by Crippen LogP contribution is -2.36. The number of rotatable bonds is 3. The lowest BCUT2D eigenvalue weighted by atomic mass is 9.97. The second-order valence-electron chi connectivity index (χ2n) is 5.52. The molecule has 0 unspecified atom stereocenters. The van der Waals surface area contributed by atoms with Gasteiger partial charge in [-0.15, -0.1) is 0 Å². The molecule has 3 rings (SSSR count). The zero-order valence-corrected chi connectivity index (χ0v) is 11.7. The van der Waals surface area contributed by atoms with Crippen molar-refractivity contribution in [1.29, 1.82) is 0 Å². The molecule has 1 N–H and O–H groups in total. The fourth-order valence-corrected chi connectivity index (χ4v) is 3.82. The van der Waals surface area contributed by atoms with Gasteiger partial charge in [0.05, 0.1) is 5.92 Å². The van der Waals surface area contributed by atoms with E-state index < -0.39 is 5.97 Å². The highest BCUT2D eigenvalue weighted by Gasteiger charge is 2.27. The third-order valence-electron chi connectivity index (χ3n) is 4.27. The van der Waals surface area contributed by atoms with Gasteiger partial charge in [0.1, 0.15) is 5.82 Å². The van der Waals surface area contributed by atoms with Crippen LogP contribution in [0.1, 0.15) is 50.3 Å². The van der Waals surface area contributed by atoms with E-state index in [0.29, 0.717) is 18.8 Å². The molecule has 1 aromatic rings. The van der Waals surface area contributed by atoms with Crippen molar-refractivity contribution in [3.8, 4) is 0 Å². The van der Waals surface area contributed by atoms with E-state index in [4.69, 9.17) is 5.11 Å². The highest BCUT2D eigenvalue weighted by atomic mass is 32.1. The van der Waals surface area contributed by atoms with Crippen LogP contribution in [-0.2, 0) is 4.79 Å². The molecule has 0 amide bonds. The van der Waals surface area contributed by atoms with Crippen molar-refractivity contribution in [3.63, 3.8) is 0 Å². The van der Waals surface area contributed by atoms with Crippen LogP contribution in [0.25, 0.3) is 0 Å². The third kappa shape index (κ3) is 2.73. The van der Waals surface area contributed by atoms with E-state index in [-0.39, 0.29) is 5.92 Å². The number of hydrogen-bond acceptors (Lipinski definition) is 5. The second-order valence-corrected chi connectivity index (χ2v) is 6.25. The Kier molecular flexibility index (Phi) is 3.68. The fraction of sp³-hybridized carbons (Fsp3) is 0.769. The Morgan fingerprint density at radius 2 is 1.89 bits per heavy atom. The Morgan fingerprint density at radius 3 is 2.53 bits per heavy atom. The summed E-state index contributed by atoms with van der Waals surface area (Å²) in [5.74, 6) is 0.724. The van der Waals surface area contributed by atoms with Crippen LogP contribution in [0.15, 0.2) is 0 Å². The van der Waals surface area contributed by atoms with Gasteiger partial charge in [-0.25, -0.2) is 4.98 Å². The molecule has 0 radical (unpaired) electrons. The highest BCUT2D eigenvalue weighted by molar-refractivity contribution is 7.09. The molecule has 19 heavy (non-hydrogen) atoms. The summed E-state index contributed by atoms with van der Waals surface area (Å²) in [7, 11) is 0. The summed E-state index contributed by atoms with van der Waals surface area (Å²) < 4.78 is 4.50. The molecule has 104 valence electrons. The summed E-state index contributed by atoms with van der Waals surface area (Å²) in [6.45, 7) is 1.58. The zero-order valence-electron chi connectivity index (χ0n) is 10.9. The lowest BCUT2D eigenvalue weighted by molar-refractivity contribution is -0.142. The van der Waals surface area contributed by atoms with Gasteiger partial charge in [-0.3, -0.25) is 4.79 Å². The maximum atomic E-state index is 10.9. The standard InChI is InChI=1S/C13H19N3O2S/c17-12(18)10-5-7-16(8-6-10)13-14-11(15-19-13)9-3-1-2-4-9/h9-10H,1-8H2,(H,17,18). The van der Waals surface area contributed by atoms with Crippen LogP contribution >= 0.6 is 11.5 Å². The Hall–Kier alpha value is -1.17. The summed E-state index contributed by atoms with van der Waals surface area (Å²) in [5, 5.41) is 9.98. The molecule has 1 saturated heterocycles. The van der Waals surface area contributed by atoms with Crippen LogP contribution < -0.4 is 4.90 Å². The van der Waals surface area contributed by atoms with Crippen LogP contribution in [0, 0.1) is 5.92 Å². The van der Waals surface area contributed by atoms with Gasteiger partial charge in [-0.05, 0) is 25.7 Å². The molecular formula is C13H19N3O2S. The largest absolute Gasteiger partial charge is 0.481 e. The van der Waals surface area contributed by atoms with Gasteiger partial charge in [0.15, 0.2) is 0 Å². The maximum Gasteiger partial charge on any atom is 0.306 e. The van der Waals surface area contributed by atoms with Gasteiger partial charge in [0.25, 0.3) is 0 Å². The van der Waals surface area contributed by atoms with Crippen molar-refractivity contribution in [3.05, 3.63) is 5.82 Å². The normalized spacial score (nSPS) is 22.0. The van der Waals surface area contributed by atoms with Crippen molar-refractivity contribution in [2.75, 3.05) is 18.0 Å². The number of carboxylic acid groups (broad SMARTS) is 1. The number of hydrogen-bond donors (Lipinski definition) is 1. The Morgan fingerprint density at radius 1 is 1.21 bits per heavy atom. The van der Waals surface area contributed by atoms with Crippen LogP contribution in [0.2, 0.25) is 0 Å². The summed E-state index contributed by atoms with van der Waals surface area (Å²) in [6, 6.07) is 0. The average molecular weight is 281 g/mol. The monoisotopic (exact) mass is 281 g/mol. The number of carboxylic acids is 1. The molecule has 1 aliphatic heterocycles. The van der Waals surface area contributed by atoms with Crippen molar-refractivity contribution in [1.82, 2.24) is 9.36 Å². The first-order valence-corrected chi connectivity index (χ1v) is 7.83. The van der Waals surface area contributed by atoms with Gasteiger partial charge >= 0.3 is 5.97 Å². The number of carbonyl (C=O) groups is 1. The first-order chi connectivity index (χ1) is 9.24. The first kappa shape index (κ1) is 12.8. The smallest absolute Gasteiger partial charge is 0.306 e. The summed E-state index contributed by atoms with van der Waals surface area (Å²) in [6.07, 6.45) is 6.46. The van der Waals surface area contributed by atoms with Crippen molar-refractivity contribution in [2.24, 2.45) is 5.92 Å². The summed E-state index contributed by atoms with van der Waals surface area (Å²) in [4.78, 5) is 17.8. The van der Waals surface area contributed by atoms with E-state index in [0.717, 1.165) is 24.0 Å². The fourth-order valence-electron chi connectivity index (χ4n) is 3.02. The van der Waals surface area contributed by atoms with Crippen LogP contribution in [0.5, 0.6) is 0 Å². The molecule has 6 heteroatoms. The first-order valence-electron chi connectivity index (χ1n) is 7.05. The maximum absolute atomic E-state index is 10.9. The van der Waals surface area contributed by atoms with Crippen molar-refractivity contribution < 1.29 is 9.90 Å². The number of aliphatic carboxylic acids is 1. The quantitative estimate of drug-likeness (QED) is 0.922. The minimum atomic E-state index is -0.663. The van der Waals surface area contributed by atoms with Gasteiger partial charge in [-0.2, -0.15) is 4.37 Å². The van der Waals surface area contributed by atoms with Crippen LogP contribution in [0.3, 0.4) is 0 Å². The average Bonchev–Trinajstić information content (AvgIpc) is 3.10. The minimum Gasteiger partial charge on any atom is -0.481 e. The molecule has 0 bridgehead atoms. The van der Waals surface area contributed by atoms with E-state index in [1.54, 1.807) is 0 Å². The van der Waals surface area contributed by atoms with E-state index >= 15 is 0 Å². The molecule has 1 aliphatic carbocycles. The number of anilines is 1. The molecule has 2 fully saturated rings. The molecule has 2 heterocycles. The molecule has 0 aromatic carbocycles. The zero-order chi connectivity index (χ0) is 13.2. The Bertz CT molecular complexity index is 448. The molecule has 1 aromatic heterocycles. The molecular weight excluding hydrogens is 262 g/mol. The number of nitrogens with zero attached hydrogens (tertiary/aromatic N) is 3. The van der Waals surface area contributed by atoms with Crippen molar-refractivity contribution in [2.45, 2.75) is 44.4 Å². The molecule has 5 nitrogen and oxygen atoms in total. The minimum absolute atomic E-state index is 0.182.